The molecule has 0 unspecified atom stereocenters. The van der Waals surface area contributed by atoms with Gasteiger partial charge in [0.1, 0.15) is 0 Å². The molecule has 0 saturated heterocycles. The predicted molar refractivity (Wildman–Crippen MR) is 91.1 cm³/mol. The Balaban J connectivity index is 2.06. The summed E-state index contributed by atoms with van der Waals surface area (Å²) in [6.07, 6.45) is 0. The first-order valence-corrected chi connectivity index (χ1v) is 8.15. The van der Waals surface area contributed by atoms with Gasteiger partial charge < -0.3 is 4.90 Å². The zero-order valence-electron chi connectivity index (χ0n) is 12.2. The summed E-state index contributed by atoms with van der Waals surface area (Å²) in [4.78, 5) is 2.38. The van der Waals surface area contributed by atoms with E-state index in [1.165, 1.54) is 28.2 Å². The molecule has 1 nitrogen and oxygen atoms in total. The van der Waals surface area contributed by atoms with Crippen LogP contribution in [0.15, 0.2) is 65.4 Å². The van der Waals surface area contributed by atoms with Crippen LogP contribution in [0.5, 0.6) is 0 Å². The molecule has 0 spiro atoms. The van der Waals surface area contributed by atoms with Crippen LogP contribution in [0.4, 0.5) is 17.1 Å². The number of para-hydroxylation sites is 2. The van der Waals surface area contributed by atoms with E-state index >= 15 is 0 Å². The van der Waals surface area contributed by atoms with Gasteiger partial charge in [-0.3, -0.25) is 0 Å². The molecule has 0 atom stereocenters. The molecule has 0 saturated carbocycles. The highest BCUT2D eigenvalue weighted by Gasteiger charge is 2.36. The Kier molecular flexibility index (Phi) is 2.69. The van der Waals surface area contributed by atoms with Crippen molar-refractivity contribution in [3.05, 3.63) is 76.5 Å². The van der Waals surface area contributed by atoms with Crippen LogP contribution < -0.4 is 4.90 Å². The van der Waals surface area contributed by atoms with E-state index in [4.69, 9.17) is 0 Å². The van der Waals surface area contributed by atoms with E-state index in [2.05, 4.69) is 84.1 Å². The highest BCUT2D eigenvalue weighted by molar-refractivity contribution is 7.08. The Labute approximate surface area is 129 Å². The smallest absolute Gasteiger partial charge is 0.0568 e. The first kappa shape index (κ1) is 12.7. The predicted octanol–water partition coefficient (Wildman–Crippen LogP) is 5.86. The van der Waals surface area contributed by atoms with Crippen molar-refractivity contribution in [2.45, 2.75) is 19.3 Å². The van der Waals surface area contributed by atoms with Gasteiger partial charge in [-0.15, -0.1) is 0 Å². The van der Waals surface area contributed by atoms with Crippen molar-refractivity contribution in [2.24, 2.45) is 0 Å². The van der Waals surface area contributed by atoms with Crippen LogP contribution in [0.3, 0.4) is 0 Å². The maximum absolute atomic E-state index is 2.38. The lowest BCUT2D eigenvalue weighted by Crippen LogP contribution is -2.30. The number of fused-ring (bicyclic) bond motifs is 2. The Morgan fingerprint density at radius 2 is 1.38 bits per heavy atom. The minimum absolute atomic E-state index is 0.0275. The minimum Gasteiger partial charge on any atom is -0.309 e. The van der Waals surface area contributed by atoms with Crippen molar-refractivity contribution in [3.8, 4) is 0 Å². The van der Waals surface area contributed by atoms with Gasteiger partial charge in [0.15, 0.2) is 0 Å². The van der Waals surface area contributed by atoms with Gasteiger partial charge in [0.25, 0.3) is 0 Å². The van der Waals surface area contributed by atoms with E-state index in [0.717, 1.165) is 0 Å². The molecule has 104 valence electrons. The number of thiophene rings is 1. The van der Waals surface area contributed by atoms with E-state index in [0.29, 0.717) is 0 Å². The maximum Gasteiger partial charge on any atom is 0.0568 e. The fourth-order valence-electron chi connectivity index (χ4n) is 3.33. The number of nitrogens with zero attached hydrogens (tertiary/aromatic N) is 1. The lowest BCUT2D eigenvalue weighted by Gasteiger charge is -2.41. The molecule has 1 aliphatic rings. The zero-order chi connectivity index (χ0) is 14.4. The van der Waals surface area contributed by atoms with Crippen LogP contribution in [-0.2, 0) is 5.41 Å². The third-order valence-corrected chi connectivity index (χ3v) is 5.07. The Hall–Kier alpha value is -2.06. The number of anilines is 3. The Morgan fingerprint density at radius 3 is 1.90 bits per heavy atom. The third kappa shape index (κ3) is 1.76. The lowest BCUT2D eigenvalue weighted by atomic mass is 9.73. The van der Waals surface area contributed by atoms with Crippen LogP contribution in [0.1, 0.15) is 25.0 Å². The van der Waals surface area contributed by atoms with E-state index < -0.39 is 0 Å². The van der Waals surface area contributed by atoms with Crippen LogP contribution in [0, 0.1) is 0 Å². The molecule has 2 heteroatoms. The lowest BCUT2D eigenvalue weighted by molar-refractivity contribution is 0.632. The van der Waals surface area contributed by atoms with E-state index in [9.17, 15) is 0 Å². The quantitative estimate of drug-likeness (QED) is 0.543. The fourth-order valence-corrected chi connectivity index (χ4v) is 3.95. The van der Waals surface area contributed by atoms with Crippen molar-refractivity contribution in [2.75, 3.05) is 4.90 Å². The number of hydrogen-bond acceptors (Lipinski definition) is 2. The molecule has 0 radical (unpaired) electrons. The van der Waals surface area contributed by atoms with Crippen LogP contribution >= 0.6 is 11.3 Å². The molecular formula is C19H17NS. The van der Waals surface area contributed by atoms with Crippen molar-refractivity contribution in [1.29, 1.82) is 0 Å². The molecular weight excluding hydrogens is 274 g/mol. The first-order chi connectivity index (χ1) is 10.2. The van der Waals surface area contributed by atoms with Gasteiger partial charge in [-0.2, -0.15) is 11.3 Å². The largest absolute Gasteiger partial charge is 0.309 e. The van der Waals surface area contributed by atoms with E-state index in [1.54, 1.807) is 11.3 Å². The van der Waals surface area contributed by atoms with Crippen molar-refractivity contribution >= 4 is 28.4 Å². The molecule has 3 aromatic rings. The number of rotatable bonds is 1. The molecule has 0 amide bonds. The van der Waals surface area contributed by atoms with Gasteiger partial charge >= 0.3 is 0 Å². The van der Waals surface area contributed by atoms with Gasteiger partial charge in [0.2, 0.25) is 0 Å². The summed E-state index contributed by atoms with van der Waals surface area (Å²) in [6.45, 7) is 4.63. The summed E-state index contributed by atoms with van der Waals surface area (Å²) in [5, 5.41) is 4.35. The monoisotopic (exact) mass is 291 g/mol. The summed E-state index contributed by atoms with van der Waals surface area (Å²) >= 11 is 1.74. The summed E-state index contributed by atoms with van der Waals surface area (Å²) < 4.78 is 0. The van der Waals surface area contributed by atoms with E-state index in [1.807, 2.05) is 0 Å². The fraction of sp³-hybridized carbons (Fsp3) is 0.158. The highest BCUT2D eigenvalue weighted by Crippen LogP contribution is 2.51. The normalized spacial score (nSPS) is 15.4. The molecule has 0 aliphatic carbocycles. The van der Waals surface area contributed by atoms with Gasteiger partial charge in [-0.05, 0) is 34.7 Å². The summed E-state index contributed by atoms with van der Waals surface area (Å²) in [6, 6.07) is 19.7. The number of benzene rings is 2. The van der Waals surface area contributed by atoms with Crippen LogP contribution in [0.25, 0.3) is 0 Å². The van der Waals surface area contributed by atoms with Gasteiger partial charge in [-0.25, -0.2) is 0 Å². The molecule has 2 aromatic carbocycles. The second-order valence-electron chi connectivity index (χ2n) is 5.98. The maximum atomic E-state index is 2.38. The van der Waals surface area contributed by atoms with Gasteiger partial charge in [-0.1, -0.05) is 50.2 Å². The molecule has 4 rings (SSSR count). The molecule has 0 N–H and O–H groups in total. The minimum atomic E-state index is 0.0275. The van der Waals surface area contributed by atoms with E-state index in [-0.39, 0.29) is 5.41 Å². The average molecular weight is 291 g/mol. The highest BCUT2D eigenvalue weighted by atomic mass is 32.1. The van der Waals surface area contributed by atoms with Crippen LogP contribution in [-0.4, -0.2) is 0 Å². The summed E-state index contributed by atoms with van der Waals surface area (Å²) in [7, 11) is 0. The Morgan fingerprint density at radius 1 is 0.810 bits per heavy atom. The molecule has 21 heavy (non-hydrogen) atoms. The Bertz CT molecular complexity index is 737. The zero-order valence-corrected chi connectivity index (χ0v) is 13.0. The molecule has 2 heterocycles. The molecule has 1 aliphatic heterocycles. The average Bonchev–Trinajstić information content (AvgIpc) is 3.02. The third-order valence-electron chi connectivity index (χ3n) is 4.40. The van der Waals surface area contributed by atoms with Gasteiger partial charge in [0.05, 0.1) is 17.1 Å². The standard InChI is InChI=1S/C19H17NS/c1-19(2)15-7-3-5-9-17(15)20(14-11-12-21-13-14)18-10-6-4-8-16(18)19/h3-13H,1-2H3. The van der Waals surface area contributed by atoms with Crippen molar-refractivity contribution in [1.82, 2.24) is 0 Å². The molecule has 0 bridgehead atoms. The first-order valence-electron chi connectivity index (χ1n) is 7.21. The summed E-state index contributed by atoms with van der Waals surface area (Å²) in [5.74, 6) is 0. The van der Waals surface area contributed by atoms with Gasteiger partial charge in [0, 0.05) is 10.8 Å². The SMILES string of the molecule is CC1(C)c2ccccc2N(c2ccsc2)c2ccccc21. The molecule has 1 aromatic heterocycles. The second-order valence-corrected chi connectivity index (χ2v) is 6.76. The summed E-state index contributed by atoms with van der Waals surface area (Å²) in [5.41, 5.74) is 6.62. The number of hydrogen-bond donors (Lipinski definition) is 0. The van der Waals surface area contributed by atoms with Crippen molar-refractivity contribution in [3.63, 3.8) is 0 Å². The molecule has 0 fully saturated rings. The second kappa shape index (κ2) is 4.47. The van der Waals surface area contributed by atoms with Crippen LogP contribution in [0.2, 0.25) is 0 Å². The topological polar surface area (TPSA) is 3.24 Å². The van der Waals surface area contributed by atoms with Crippen molar-refractivity contribution < 1.29 is 0 Å².